The van der Waals surface area contributed by atoms with E-state index in [0.717, 1.165) is 24.8 Å². The van der Waals surface area contributed by atoms with Crippen LogP contribution in [0.15, 0.2) is 41.3 Å². The summed E-state index contributed by atoms with van der Waals surface area (Å²) in [7, 11) is 0. The summed E-state index contributed by atoms with van der Waals surface area (Å²) in [5, 5.41) is 2.81. The van der Waals surface area contributed by atoms with Crippen molar-refractivity contribution < 1.29 is 9.53 Å². The number of H-pyrrole nitrogens is 1. The lowest BCUT2D eigenvalue weighted by Crippen LogP contribution is -2.26. The maximum absolute atomic E-state index is 12.5. The predicted octanol–water partition coefficient (Wildman–Crippen LogP) is 2.49. The van der Waals surface area contributed by atoms with E-state index in [1.807, 2.05) is 18.2 Å². The number of hydrogen-bond donors (Lipinski definition) is 1. The Morgan fingerprint density at radius 3 is 3.08 bits per heavy atom. The Hall–Kier alpha value is -2.89. The maximum atomic E-state index is 12.5. The second-order valence-electron chi connectivity index (χ2n) is 6.38. The van der Waals surface area contributed by atoms with Crippen LogP contribution in [0.5, 0.6) is 0 Å². The van der Waals surface area contributed by atoms with Crippen LogP contribution >= 0.6 is 0 Å². The van der Waals surface area contributed by atoms with Gasteiger partial charge in [-0.25, -0.2) is 9.50 Å². The molecular formula is C19H19N3O3. The van der Waals surface area contributed by atoms with Gasteiger partial charge in [0, 0.05) is 18.0 Å². The second kappa shape index (κ2) is 6.20. The third kappa shape index (κ3) is 2.84. The van der Waals surface area contributed by atoms with E-state index in [1.165, 1.54) is 10.1 Å². The van der Waals surface area contributed by atoms with Gasteiger partial charge in [-0.15, -0.1) is 0 Å². The number of ether oxygens (including phenoxy) is 1. The molecule has 25 heavy (non-hydrogen) atoms. The van der Waals surface area contributed by atoms with Crippen molar-refractivity contribution in [1.29, 1.82) is 0 Å². The minimum absolute atomic E-state index is 0.0711. The normalized spacial score (nSPS) is 16.6. The summed E-state index contributed by atoms with van der Waals surface area (Å²) in [6.45, 7) is 1.74. The summed E-state index contributed by atoms with van der Waals surface area (Å²) < 4.78 is 7.04. The summed E-state index contributed by atoms with van der Waals surface area (Å²) in [6, 6.07) is 9.78. The first kappa shape index (κ1) is 15.6. The highest BCUT2D eigenvalue weighted by Crippen LogP contribution is 2.32. The summed E-state index contributed by atoms with van der Waals surface area (Å²) in [5.41, 5.74) is 3.53. The number of rotatable bonds is 3. The minimum Gasteiger partial charge on any atom is -0.457 e. The van der Waals surface area contributed by atoms with Crippen LogP contribution in [0.4, 0.5) is 0 Å². The molecule has 0 saturated carbocycles. The highest BCUT2D eigenvalue weighted by atomic mass is 16.5. The van der Waals surface area contributed by atoms with Gasteiger partial charge in [0.25, 0.3) is 5.56 Å². The molecule has 1 aliphatic rings. The lowest BCUT2D eigenvalue weighted by atomic mass is 9.89. The number of nitrogens with zero attached hydrogens (tertiary/aromatic N) is 2. The van der Waals surface area contributed by atoms with Gasteiger partial charge in [0.15, 0.2) is 5.65 Å². The first-order valence-electron chi connectivity index (χ1n) is 8.46. The van der Waals surface area contributed by atoms with Crippen molar-refractivity contribution >= 4 is 11.6 Å². The number of carbonyl (C=O) groups excluding carboxylic acids is 1. The second-order valence-corrected chi connectivity index (χ2v) is 6.38. The molecule has 0 amide bonds. The van der Waals surface area contributed by atoms with Crippen LogP contribution in [0, 0.1) is 6.92 Å². The standard InChI is InChI=1S/C19H19N3O3/c1-12-15(19(24)22-17(21-12)9-10-20-22)11-18(23)25-16-8-4-6-13-5-2-3-7-14(13)16/h2-3,5,7,9-10,16,20H,4,6,8,11H2,1H3. The van der Waals surface area contributed by atoms with E-state index in [2.05, 4.69) is 16.1 Å². The molecule has 0 saturated heterocycles. The molecule has 0 bridgehead atoms. The fourth-order valence-electron chi connectivity index (χ4n) is 3.49. The smallest absolute Gasteiger partial charge is 0.311 e. The van der Waals surface area contributed by atoms with Crippen molar-refractivity contribution in [1.82, 2.24) is 14.6 Å². The van der Waals surface area contributed by atoms with Gasteiger partial charge in [0.1, 0.15) is 6.10 Å². The topological polar surface area (TPSA) is 76.5 Å². The molecule has 1 atom stereocenters. The lowest BCUT2D eigenvalue weighted by molar-refractivity contribution is -0.149. The number of fused-ring (bicyclic) bond motifs is 2. The molecular weight excluding hydrogens is 318 g/mol. The number of hydrogen-bond acceptors (Lipinski definition) is 4. The largest absolute Gasteiger partial charge is 0.457 e. The molecule has 0 fully saturated rings. The molecule has 128 valence electrons. The van der Waals surface area contributed by atoms with Crippen molar-refractivity contribution in [2.75, 3.05) is 0 Å². The number of esters is 1. The summed E-state index contributed by atoms with van der Waals surface area (Å²) in [4.78, 5) is 29.3. The first-order chi connectivity index (χ1) is 12.1. The van der Waals surface area contributed by atoms with Crippen molar-refractivity contribution in [2.24, 2.45) is 0 Å². The van der Waals surface area contributed by atoms with Crippen molar-refractivity contribution in [3.8, 4) is 0 Å². The van der Waals surface area contributed by atoms with E-state index in [1.54, 1.807) is 19.2 Å². The van der Waals surface area contributed by atoms with E-state index >= 15 is 0 Å². The molecule has 2 heterocycles. The summed E-state index contributed by atoms with van der Waals surface area (Å²) in [5.74, 6) is -0.393. The highest BCUT2D eigenvalue weighted by Gasteiger charge is 2.24. The predicted molar refractivity (Wildman–Crippen MR) is 92.5 cm³/mol. The first-order valence-corrected chi connectivity index (χ1v) is 8.46. The fraction of sp³-hybridized carbons (Fsp3) is 0.316. The Labute approximate surface area is 144 Å². The quantitative estimate of drug-likeness (QED) is 0.745. The molecule has 0 aliphatic heterocycles. The van der Waals surface area contributed by atoms with Crippen molar-refractivity contribution in [3.05, 3.63) is 69.3 Å². The molecule has 1 N–H and O–H groups in total. The van der Waals surface area contributed by atoms with Crippen LogP contribution in [-0.2, 0) is 22.4 Å². The zero-order valence-corrected chi connectivity index (χ0v) is 14.0. The van der Waals surface area contributed by atoms with Gasteiger partial charge in [0.05, 0.1) is 12.0 Å². The minimum atomic E-state index is -0.393. The van der Waals surface area contributed by atoms with Crippen molar-refractivity contribution in [2.45, 2.75) is 38.7 Å². The number of nitrogens with one attached hydrogen (secondary N) is 1. The van der Waals surface area contributed by atoms with E-state index in [0.29, 0.717) is 16.9 Å². The van der Waals surface area contributed by atoms with Crippen molar-refractivity contribution in [3.63, 3.8) is 0 Å². The van der Waals surface area contributed by atoms with Gasteiger partial charge in [-0.3, -0.25) is 14.7 Å². The molecule has 1 aromatic carbocycles. The SMILES string of the molecule is Cc1nc2cc[nH]n2c(=O)c1CC(=O)OC1CCCc2ccccc21. The monoisotopic (exact) mass is 337 g/mol. The molecule has 0 spiro atoms. The average molecular weight is 337 g/mol. The Bertz CT molecular complexity index is 1000. The van der Waals surface area contributed by atoms with Gasteiger partial charge >= 0.3 is 5.97 Å². The number of aromatic nitrogens is 3. The summed E-state index contributed by atoms with van der Waals surface area (Å²) in [6.07, 6.45) is 4.16. The van der Waals surface area contributed by atoms with Crippen LogP contribution in [-0.4, -0.2) is 20.6 Å². The van der Waals surface area contributed by atoms with Crippen LogP contribution < -0.4 is 5.56 Å². The van der Waals surface area contributed by atoms with E-state index in [-0.39, 0.29) is 18.1 Å². The molecule has 4 rings (SSSR count). The molecule has 1 unspecified atom stereocenters. The van der Waals surface area contributed by atoms with Gasteiger partial charge in [0.2, 0.25) is 0 Å². The number of aromatic amines is 1. The number of carbonyl (C=O) groups is 1. The van der Waals surface area contributed by atoms with Gasteiger partial charge in [-0.05, 0) is 37.3 Å². The van der Waals surface area contributed by atoms with Gasteiger partial charge < -0.3 is 4.74 Å². The Morgan fingerprint density at radius 2 is 2.20 bits per heavy atom. The number of aryl methyl sites for hydroxylation is 2. The Balaban J connectivity index is 1.57. The molecule has 0 radical (unpaired) electrons. The molecule has 2 aromatic heterocycles. The zero-order chi connectivity index (χ0) is 17.4. The maximum Gasteiger partial charge on any atom is 0.311 e. The zero-order valence-electron chi connectivity index (χ0n) is 14.0. The van der Waals surface area contributed by atoms with Crippen LogP contribution in [0.2, 0.25) is 0 Å². The molecule has 6 nitrogen and oxygen atoms in total. The molecule has 1 aliphatic carbocycles. The fourth-order valence-corrected chi connectivity index (χ4v) is 3.49. The lowest BCUT2D eigenvalue weighted by Gasteiger charge is -2.25. The average Bonchev–Trinajstić information content (AvgIpc) is 3.07. The number of benzene rings is 1. The third-order valence-corrected chi connectivity index (χ3v) is 4.75. The Kier molecular flexibility index (Phi) is 3.87. The molecule has 6 heteroatoms. The van der Waals surface area contributed by atoms with E-state index in [9.17, 15) is 9.59 Å². The Morgan fingerprint density at radius 1 is 1.36 bits per heavy atom. The van der Waals surface area contributed by atoms with Crippen LogP contribution in [0.1, 0.15) is 41.3 Å². The van der Waals surface area contributed by atoms with Crippen LogP contribution in [0.3, 0.4) is 0 Å². The van der Waals surface area contributed by atoms with Gasteiger partial charge in [-0.1, -0.05) is 24.3 Å². The van der Waals surface area contributed by atoms with E-state index < -0.39 is 5.97 Å². The van der Waals surface area contributed by atoms with Gasteiger partial charge in [-0.2, -0.15) is 0 Å². The summed E-state index contributed by atoms with van der Waals surface area (Å²) >= 11 is 0. The van der Waals surface area contributed by atoms with Crippen LogP contribution in [0.25, 0.3) is 5.65 Å². The third-order valence-electron chi connectivity index (χ3n) is 4.75. The van der Waals surface area contributed by atoms with E-state index in [4.69, 9.17) is 4.74 Å². The highest BCUT2D eigenvalue weighted by molar-refractivity contribution is 5.73. The molecule has 3 aromatic rings.